The second kappa shape index (κ2) is 5.25. The Hall–Kier alpha value is -2.16. The molecule has 0 atom stereocenters. The smallest absolute Gasteiger partial charge is 0.154 e. The minimum atomic E-state index is 0.526. The van der Waals surface area contributed by atoms with Crippen molar-refractivity contribution in [2.45, 2.75) is 6.92 Å². The average Bonchev–Trinajstić information content (AvgIpc) is 2.36. The van der Waals surface area contributed by atoms with Gasteiger partial charge in [-0.2, -0.15) is 0 Å². The maximum Gasteiger partial charge on any atom is 0.154 e. The van der Waals surface area contributed by atoms with Gasteiger partial charge in [0.25, 0.3) is 0 Å². The van der Waals surface area contributed by atoms with Crippen LogP contribution in [0, 0.1) is 0 Å². The van der Waals surface area contributed by atoms with E-state index in [2.05, 4.69) is 0 Å². The first-order chi connectivity index (χ1) is 8.31. The average molecular weight is 229 g/mol. The molecule has 3 nitrogen and oxygen atoms in total. The van der Waals surface area contributed by atoms with Crippen molar-refractivity contribution >= 4 is 5.69 Å². The number of nitrogens with two attached hydrogens (primary N) is 1. The molecule has 0 amide bonds. The predicted molar refractivity (Wildman–Crippen MR) is 68.5 cm³/mol. The lowest BCUT2D eigenvalue weighted by Crippen LogP contribution is -1.98. The highest BCUT2D eigenvalue weighted by Gasteiger charge is 2.07. The van der Waals surface area contributed by atoms with E-state index in [4.69, 9.17) is 15.2 Å². The maximum atomic E-state index is 5.97. The van der Waals surface area contributed by atoms with Crippen LogP contribution >= 0.6 is 0 Å². The zero-order valence-electron chi connectivity index (χ0n) is 9.72. The topological polar surface area (TPSA) is 44.5 Å². The van der Waals surface area contributed by atoms with Gasteiger partial charge in [-0.1, -0.05) is 24.3 Å². The molecule has 0 bridgehead atoms. The second-order valence-electron chi connectivity index (χ2n) is 3.52. The Balaban J connectivity index is 2.24. The summed E-state index contributed by atoms with van der Waals surface area (Å²) >= 11 is 0. The molecule has 0 saturated carbocycles. The van der Waals surface area contributed by atoms with Gasteiger partial charge in [0.2, 0.25) is 0 Å². The van der Waals surface area contributed by atoms with Crippen LogP contribution in [0.3, 0.4) is 0 Å². The molecule has 0 radical (unpaired) electrons. The van der Waals surface area contributed by atoms with Crippen LogP contribution in [-0.4, -0.2) is 6.61 Å². The minimum absolute atomic E-state index is 0.526. The molecule has 2 aromatic rings. The molecule has 0 aliphatic rings. The van der Waals surface area contributed by atoms with Crippen LogP contribution < -0.4 is 15.2 Å². The van der Waals surface area contributed by atoms with Crippen LogP contribution in [0.25, 0.3) is 0 Å². The number of rotatable bonds is 4. The Morgan fingerprint density at radius 3 is 2.35 bits per heavy atom. The summed E-state index contributed by atoms with van der Waals surface area (Å²) in [5.74, 6) is 2.02. The molecule has 0 unspecified atom stereocenters. The Labute approximate surface area is 101 Å². The SMILES string of the molecule is CCOc1cccc(Oc2ccccc2)c1N. The maximum absolute atomic E-state index is 5.97. The van der Waals surface area contributed by atoms with E-state index in [-0.39, 0.29) is 0 Å². The van der Waals surface area contributed by atoms with Crippen LogP contribution in [0.5, 0.6) is 17.2 Å². The molecule has 0 aliphatic heterocycles. The molecule has 0 aliphatic carbocycles. The van der Waals surface area contributed by atoms with Gasteiger partial charge in [0.05, 0.1) is 6.61 Å². The summed E-state index contributed by atoms with van der Waals surface area (Å²) in [4.78, 5) is 0. The van der Waals surface area contributed by atoms with E-state index >= 15 is 0 Å². The Bertz CT molecular complexity index is 483. The highest BCUT2D eigenvalue weighted by Crippen LogP contribution is 2.34. The molecule has 2 N–H and O–H groups in total. The van der Waals surface area contributed by atoms with Crippen molar-refractivity contribution in [1.82, 2.24) is 0 Å². The van der Waals surface area contributed by atoms with E-state index in [1.807, 2.05) is 55.5 Å². The van der Waals surface area contributed by atoms with Crippen LogP contribution in [0.4, 0.5) is 5.69 Å². The highest BCUT2D eigenvalue weighted by atomic mass is 16.5. The molecule has 3 heteroatoms. The molecule has 0 heterocycles. The fourth-order valence-electron chi connectivity index (χ4n) is 1.51. The Kier molecular flexibility index (Phi) is 3.50. The van der Waals surface area contributed by atoms with Gasteiger partial charge in [-0.15, -0.1) is 0 Å². The van der Waals surface area contributed by atoms with E-state index in [0.29, 0.717) is 23.8 Å². The Morgan fingerprint density at radius 1 is 0.941 bits per heavy atom. The number of hydrogen-bond donors (Lipinski definition) is 1. The second-order valence-corrected chi connectivity index (χ2v) is 3.52. The minimum Gasteiger partial charge on any atom is -0.492 e. The van der Waals surface area contributed by atoms with Crippen molar-refractivity contribution in [2.75, 3.05) is 12.3 Å². The fourth-order valence-corrected chi connectivity index (χ4v) is 1.51. The number of para-hydroxylation sites is 2. The normalized spacial score (nSPS) is 9.94. The Morgan fingerprint density at radius 2 is 1.65 bits per heavy atom. The number of anilines is 1. The van der Waals surface area contributed by atoms with Crippen LogP contribution in [0.15, 0.2) is 48.5 Å². The number of nitrogen functional groups attached to an aromatic ring is 1. The third-order valence-corrected chi connectivity index (χ3v) is 2.30. The molecule has 2 aromatic carbocycles. The summed E-state index contributed by atoms with van der Waals surface area (Å²) in [6, 6.07) is 15.0. The van der Waals surface area contributed by atoms with Gasteiger partial charge in [-0.05, 0) is 31.2 Å². The number of hydrogen-bond acceptors (Lipinski definition) is 3. The lowest BCUT2D eigenvalue weighted by molar-refractivity contribution is 0.340. The van der Waals surface area contributed by atoms with Gasteiger partial charge in [0.15, 0.2) is 5.75 Å². The predicted octanol–water partition coefficient (Wildman–Crippen LogP) is 3.46. The van der Waals surface area contributed by atoms with E-state index in [0.717, 1.165) is 5.75 Å². The van der Waals surface area contributed by atoms with E-state index in [9.17, 15) is 0 Å². The molecule has 0 spiro atoms. The quantitative estimate of drug-likeness (QED) is 0.816. The zero-order chi connectivity index (χ0) is 12.1. The summed E-state index contributed by atoms with van der Waals surface area (Å²) in [5, 5.41) is 0. The highest BCUT2D eigenvalue weighted by molar-refractivity contribution is 5.63. The fraction of sp³-hybridized carbons (Fsp3) is 0.143. The summed E-state index contributed by atoms with van der Waals surface area (Å²) in [6.45, 7) is 2.50. The van der Waals surface area contributed by atoms with Crippen molar-refractivity contribution in [3.05, 3.63) is 48.5 Å². The van der Waals surface area contributed by atoms with Crippen molar-refractivity contribution < 1.29 is 9.47 Å². The molecule has 17 heavy (non-hydrogen) atoms. The lowest BCUT2D eigenvalue weighted by Gasteiger charge is -2.12. The van der Waals surface area contributed by atoms with Gasteiger partial charge in [0.1, 0.15) is 17.2 Å². The molecule has 0 saturated heterocycles. The number of benzene rings is 2. The van der Waals surface area contributed by atoms with Crippen LogP contribution in [0.1, 0.15) is 6.92 Å². The van der Waals surface area contributed by atoms with Crippen LogP contribution in [0.2, 0.25) is 0 Å². The van der Waals surface area contributed by atoms with Gasteiger partial charge in [0, 0.05) is 0 Å². The third-order valence-electron chi connectivity index (χ3n) is 2.30. The summed E-state index contributed by atoms with van der Waals surface area (Å²) < 4.78 is 11.1. The van der Waals surface area contributed by atoms with Crippen molar-refractivity contribution in [2.24, 2.45) is 0 Å². The molecule has 88 valence electrons. The standard InChI is InChI=1S/C14H15NO2/c1-2-16-12-9-6-10-13(14(12)15)17-11-7-4-3-5-8-11/h3-10H,2,15H2,1H3. The molecule has 0 fully saturated rings. The largest absolute Gasteiger partial charge is 0.492 e. The van der Waals surface area contributed by atoms with E-state index in [1.165, 1.54) is 0 Å². The van der Waals surface area contributed by atoms with E-state index in [1.54, 1.807) is 0 Å². The van der Waals surface area contributed by atoms with Gasteiger partial charge in [-0.25, -0.2) is 0 Å². The summed E-state index contributed by atoms with van der Waals surface area (Å²) in [5.41, 5.74) is 6.49. The van der Waals surface area contributed by atoms with Gasteiger partial charge in [-0.3, -0.25) is 0 Å². The van der Waals surface area contributed by atoms with Crippen molar-refractivity contribution in [3.63, 3.8) is 0 Å². The van der Waals surface area contributed by atoms with Crippen molar-refractivity contribution in [3.8, 4) is 17.2 Å². The molecular formula is C14H15NO2. The third kappa shape index (κ3) is 2.69. The molecule has 0 aromatic heterocycles. The van der Waals surface area contributed by atoms with E-state index < -0.39 is 0 Å². The number of ether oxygens (including phenoxy) is 2. The monoisotopic (exact) mass is 229 g/mol. The van der Waals surface area contributed by atoms with Gasteiger partial charge < -0.3 is 15.2 Å². The van der Waals surface area contributed by atoms with Crippen molar-refractivity contribution in [1.29, 1.82) is 0 Å². The zero-order valence-corrected chi connectivity index (χ0v) is 9.72. The summed E-state index contributed by atoms with van der Waals surface area (Å²) in [7, 11) is 0. The lowest BCUT2D eigenvalue weighted by atomic mass is 10.2. The van der Waals surface area contributed by atoms with Crippen LogP contribution in [-0.2, 0) is 0 Å². The van der Waals surface area contributed by atoms with Gasteiger partial charge >= 0.3 is 0 Å². The summed E-state index contributed by atoms with van der Waals surface area (Å²) in [6.07, 6.45) is 0. The molecular weight excluding hydrogens is 214 g/mol. The first-order valence-corrected chi connectivity index (χ1v) is 5.55. The first-order valence-electron chi connectivity index (χ1n) is 5.55. The first kappa shape index (κ1) is 11.3. The molecule has 2 rings (SSSR count).